The van der Waals surface area contributed by atoms with Crippen LogP contribution in [-0.4, -0.2) is 50.8 Å². The van der Waals surface area contributed by atoms with Gasteiger partial charge in [0.05, 0.1) is 0 Å². The molecular formula is C17H21IO10. The van der Waals surface area contributed by atoms with Gasteiger partial charge in [0.1, 0.15) is 0 Å². The van der Waals surface area contributed by atoms with E-state index in [1.54, 1.807) is 0 Å². The van der Waals surface area contributed by atoms with E-state index in [2.05, 4.69) is 9.47 Å². The summed E-state index contributed by atoms with van der Waals surface area (Å²) >= 11 is -3.42. The van der Waals surface area contributed by atoms with E-state index in [1.807, 2.05) is 0 Å². The quantitative estimate of drug-likeness (QED) is 0.358. The summed E-state index contributed by atoms with van der Waals surface area (Å²) in [5.41, 5.74) is 0. The van der Waals surface area contributed by atoms with Crippen molar-refractivity contribution in [1.29, 1.82) is 0 Å². The molecule has 0 aliphatic rings. The van der Waals surface area contributed by atoms with Gasteiger partial charge in [0, 0.05) is 0 Å². The third kappa shape index (κ3) is 7.21. The Labute approximate surface area is 169 Å². The molecule has 28 heavy (non-hydrogen) atoms. The van der Waals surface area contributed by atoms with Gasteiger partial charge >= 0.3 is 170 Å². The topological polar surface area (TPSA) is 124 Å². The van der Waals surface area contributed by atoms with E-state index >= 15 is 0 Å². The fourth-order valence-electron chi connectivity index (χ4n) is 1.74. The van der Waals surface area contributed by atoms with Crippen LogP contribution in [0.25, 0.3) is 0 Å². The fourth-order valence-corrected chi connectivity index (χ4v) is 4.90. The molecule has 10 nitrogen and oxygen atoms in total. The third-order valence-corrected chi connectivity index (χ3v) is 6.83. The second-order valence-electron chi connectivity index (χ2n) is 5.07. The van der Waals surface area contributed by atoms with E-state index in [1.165, 1.54) is 39.3 Å². The van der Waals surface area contributed by atoms with Gasteiger partial charge in [0.2, 0.25) is 0 Å². The summed E-state index contributed by atoms with van der Waals surface area (Å²) in [4.78, 5) is 46.1. The van der Waals surface area contributed by atoms with Crippen LogP contribution in [0.3, 0.4) is 0 Å². The van der Waals surface area contributed by atoms with Gasteiger partial charge in [-0.3, -0.25) is 0 Å². The Balaban J connectivity index is 3.39. The van der Waals surface area contributed by atoms with Gasteiger partial charge in [-0.2, -0.15) is 0 Å². The summed E-state index contributed by atoms with van der Waals surface area (Å²) in [6.07, 6.45) is -1.01. The van der Waals surface area contributed by atoms with Crippen LogP contribution in [-0.2, 0) is 34.8 Å². The van der Waals surface area contributed by atoms with Crippen LogP contribution in [0.5, 0.6) is 11.5 Å². The van der Waals surface area contributed by atoms with Crippen LogP contribution in [0.15, 0.2) is 18.2 Å². The molecule has 0 heterocycles. The number of benzene rings is 1. The molecule has 0 N–H and O–H groups in total. The Morgan fingerprint density at radius 3 is 2.04 bits per heavy atom. The van der Waals surface area contributed by atoms with Crippen LogP contribution in [0.2, 0.25) is 0 Å². The predicted molar refractivity (Wildman–Crippen MR) is 102 cm³/mol. The van der Waals surface area contributed by atoms with E-state index < -0.39 is 57.2 Å². The standard InChI is InChI=1S/C17H21IO10/c1-10(17(22)24-5)26-14-8-6-7-13(25-9-15(21)23-4)16(14)18(27-11(2)19)28-12(3)20/h6-8,10H,9H2,1-5H3/t10-/m1/s1. The van der Waals surface area contributed by atoms with Crippen molar-refractivity contribution in [2.45, 2.75) is 26.9 Å². The van der Waals surface area contributed by atoms with E-state index in [0.29, 0.717) is 0 Å². The van der Waals surface area contributed by atoms with Crippen LogP contribution < -0.4 is 9.47 Å². The summed E-state index contributed by atoms with van der Waals surface area (Å²) < 4.78 is 30.8. The molecule has 1 rings (SSSR count). The van der Waals surface area contributed by atoms with Crippen molar-refractivity contribution in [3.63, 3.8) is 0 Å². The maximum atomic E-state index is 11.7. The summed E-state index contributed by atoms with van der Waals surface area (Å²) in [6, 6.07) is 4.49. The van der Waals surface area contributed by atoms with Gasteiger partial charge in [0.15, 0.2) is 0 Å². The van der Waals surface area contributed by atoms with Crippen molar-refractivity contribution in [1.82, 2.24) is 0 Å². The molecule has 0 bridgehead atoms. The van der Waals surface area contributed by atoms with Crippen LogP contribution in [0.4, 0.5) is 0 Å². The Bertz CT molecular complexity index is 717. The molecule has 11 heteroatoms. The van der Waals surface area contributed by atoms with Gasteiger partial charge in [-0.25, -0.2) is 0 Å². The molecule has 0 saturated carbocycles. The van der Waals surface area contributed by atoms with Crippen LogP contribution in [0.1, 0.15) is 20.8 Å². The molecule has 0 aliphatic heterocycles. The number of halogens is 1. The zero-order chi connectivity index (χ0) is 21.3. The van der Waals surface area contributed by atoms with Crippen molar-refractivity contribution in [3.05, 3.63) is 21.8 Å². The molecule has 0 radical (unpaired) electrons. The number of ether oxygens (including phenoxy) is 4. The second-order valence-corrected chi connectivity index (χ2v) is 8.27. The van der Waals surface area contributed by atoms with Gasteiger partial charge in [-0.05, 0) is 0 Å². The monoisotopic (exact) mass is 512 g/mol. The van der Waals surface area contributed by atoms with Gasteiger partial charge in [-0.15, -0.1) is 0 Å². The summed E-state index contributed by atoms with van der Waals surface area (Å²) in [6.45, 7) is 3.32. The van der Waals surface area contributed by atoms with E-state index in [0.717, 1.165) is 13.8 Å². The SMILES string of the molecule is COC(=O)COc1cccc(O[C@H](C)C(=O)OC)c1I(OC(C)=O)OC(C)=O. The average molecular weight is 512 g/mol. The molecule has 0 spiro atoms. The number of carbonyl (C=O) groups is 4. The maximum absolute atomic E-state index is 11.7. The normalized spacial score (nSPS) is 11.5. The zero-order valence-electron chi connectivity index (χ0n) is 16.0. The van der Waals surface area contributed by atoms with E-state index in [4.69, 9.17) is 15.6 Å². The number of esters is 2. The Kier molecular flexibility index (Phi) is 9.48. The molecule has 0 fully saturated rings. The van der Waals surface area contributed by atoms with Gasteiger partial charge in [0.25, 0.3) is 0 Å². The van der Waals surface area contributed by atoms with Crippen LogP contribution >= 0.6 is 20.6 Å². The molecule has 1 aromatic rings. The molecule has 0 unspecified atom stereocenters. The van der Waals surface area contributed by atoms with Crippen molar-refractivity contribution in [2.75, 3.05) is 20.8 Å². The summed E-state index contributed by atoms with van der Waals surface area (Å²) in [5.74, 6) is -2.48. The minimum absolute atomic E-state index is 0.0904. The molecule has 0 saturated heterocycles. The summed E-state index contributed by atoms with van der Waals surface area (Å²) in [5, 5.41) is 0. The molecule has 0 aliphatic carbocycles. The first kappa shape index (κ1) is 23.5. The summed E-state index contributed by atoms with van der Waals surface area (Å²) in [7, 11) is 2.40. The van der Waals surface area contributed by atoms with Crippen molar-refractivity contribution < 1.29 is 44.3 Å². The van der Waals surface area contributed by atoms with Crippen molar-refractivity contribution in [2.24, 2.45) is 0 Å². The molecule has 0 amide bonds. The predicted octanol–water partition coefficient (Wildman–Crippen LogP) is 1.81. The number of carbonyl (C=O) groups excluding carboxylic acids is 4. The fraction of sp³-hybridized carbons (Fsp3) is 0.412. The molecular weight excluding hydrogens is 491 g/mol. The number of rotatable bonds is 9. The minimum atomic E-state index is -3.42. The first-order valence-electron chi connectivity index (χ1n) is 7.84. The third-order valence-electron chi connectivity index (χ3n) is 2.85. The molecule has 0 aromatic heterocycles. The second kappa shape index (κ2) is 11.3. The first-order valence-corrected chi connectivity index (χ1v) is 10.7. The van der Waals surface area contributed by atoms with Crippen molar-refractivity contribution in [3.8, 4) is 11.5 Å². The zero-order valence-corrected chi connectivity index (χ0v) is 18.1. The Hall–Kier alpha value is -2.57. The van der Waals surface area contributed by atoms with Gasteiger partial charge in [-0.1, -0.05) is 0 Å². The number of hydrogen-bond acceptors (Lipinski definition) is 10. The molecule has 1 atom stereocenters. The van der Waals surface area contributed by atoms with Crippen molar-refractivity contribution >= 4 is 44.5 Å². The average Bonchev–Trinajstić information content (AvgIpc) is 2.63. The molecule has 1 aromatic carbocycles. The molecule has 156 valence electrons. The van der Waals surface area contributed by atoms with Gasteiger partial charge < -0.3 is 0 Å². The number of methoxy groups -OCH3 is 2. The Morgan fingerprint density at radius 1 is 0.964 bits per heavy atom. The first-order chi connectivity index (χ1) is 13.2. The van der Waals surface area contributed by atoms with E-state index in [9.17, 15) is 19.2 Å². The Morgan fingerprint density at radius 2 is 1.54 bits per heavy atom. The van der Waals surface area contributed by atoms with Crippen LogP contribution in [0, 0.1) is 3.57 Å². The van der Waals surface area contributed by atoms with E-state index in [-0.39, 0.29) is 15.1 Å². The number of hydrogen-bond donors (Lipinski definition) is 0.